The van der Waals surface area contributed by atoms with Crippen LogP contribution >= 0.6 is 11.3 Å². The molecule has 1 atom stereocenters. The van der Waals surface area contributed by atoms with Crippen LogP contribution in [0.2, 0.25) is 0 Å². The Bertz CT molecular complexity index is 582. The predicted molar refractivity (Wildman–Crippen MR) is 71.8 cm³/mol. The lowest BCUT2D eigenvalue weighted by Gasteiger charge is -2.27. The maximum absolute atomic E-state index is 11.5. The number of amides is 1. The molecule has 6 heteroatoms. The lowest BCUT2D eigenvalue weighted by atomic mass is 10.2. The van der Waals surface area contributed by atoms with Crippen molar-refractivity contribution < 1.29 is 4.79 Å². The highest BCUT2D eigenvalue weighted by Crippen LogP contribution is 2.28. The van der Waals surface area contributed by atoms with Crippen molar-refractivity contribution in [2.75, 3.05) is 18.0 Å². The van der Waals surface area contributed by atoms with Crippen LogP contribution in [-0.4, -0.2) is 35.0 Å². The fourth-order valence-corrected chi connectivity index (χ4v) is 3.03. The third-order valence-electron chi connectivity index (χ3n) is 3.20. The number of rotatable bonds is 1. The van der Waals surface area contributed by atoms with Gasteiger partial charge in [-0.15, -0.1) is 11.3 Å². The summed E-state index contributed by atoms with van der Waals surface area (Å²) in [6, 6.07) is 2.20. The van der Waals surface area contributed by atoms with Crippen LogP contribution in [0.25, 0.3) is 10.2 Å². The highest BCUT2D eigenvalue weighted by Gasteiger charge is 2.23. The molecule has 2 aromatic heterocycles. The van der Waals surface area contributed by atoms with E-state index in [2.05, 4.69) is 27.1 Å². The average molecular weight is 262 g/mol. The number of carbonyl (C=O) groups excluding carboxylic acids is 1. The molecule has 1 amide bonds. The minimum atomic E-state index is 0.112. The minimum absolute atomic E-state index is 0.112. The summed E-state index contributed by atoms with van der Waals surface area (Å²) in [5.41, 5.74) is 0. The smallest absolute Gasteiger partial charge is 0.222 e. The van der Waals surface area contributed by atoms with Gasteiger partial charge in [0.05, 0.1) is 5.39 Å². The molecule has 0 spiro atoms. The molecular formula is C12H14N4OS. The summed E-state index contributed by atoms with van der Waals surface area (Å²) in [4.78, 5) is 23.4. The van der Waals surface area contributed by atoms with Gasteiger partial charge in [0.25, 0.3) is 0 Å². The Labute approximate surface area is 109 Å². The first-order valence-electron chi connectivity index (χ1n) is 5.97. The van der Waals surface area contributed by atoms with Crippen LogP contribution < -0.4 is 10.2 Å². The maximum atomic E-state index is 11.5. The summed E-state index contributed by atoms with van der Waals surface area (Å²) in [6.45, 7) is 3.51. The van der Waals surface area contributed by atoms with E-state index in [9.17, 15) is 4.79 Å². The van der Waals surface area contributed by atoms with E-state index in [1.165, 1.54) is 0 Å². The molecule has 18 heavy (non-hydrogen) atoms. The van der Waals surface area contributed by atoms with Gasteiger partial charge in [0.2, 0.25) is 5.91 Å². The van der Waals surface area contributed by atoms with Gasteiger partial charge in [-0.3, -0.25) is 4.79 Å². The first kappa shape index (κ1) is 11.4. The van der Waals surface area contributed by atoms with E-state index in [0.29, 0.717) is 13.0 Å². The molecular weight excluding hydrogens is 248 g/mol. The Hall–Kier alpha value is -1.69. The zero-order chi connectivity index (χ0) is 12.5. The average Bonchev–Trinajstić information content (AvgIpc) is 2.76. The minimum Gasteiger partial charge on any atom is -0.354 e. The van der Waals surface area contributed by atoms with Gasteiger partial charge in [-0.25, -0.2) is 9.97 Å². The maximum Gasteiger partial charge on any atom is 0.222 e. The van der Waals surface area contributed by atoms with Gasteiger partial charge in [-0.2, -0.15) is 0 Å². The highest BCUT2D eigenvalue weighted by molar-refractivity contribution is 7.16. The number of hydrogen-bond acceptors (Lipinski definition) is 5. The molecule has 1 aliphatic heterocycles. The highest BCUT2D eigenvalue weighted by atomic mass is 32.1. The second-order valence-corrected chi connectivity index (χ2v) is 5.33. The Morgan fingerprint density at radius 3 is 3.28 bits per heavy atom. The zero-order valence-corrected chi connectivity index (χ0v) is 10.9. The summed E-state index contributed by atoms with van der Waals surface area (Å²) in [6.07, 6.45) is 2.11. The topological polar surface area (TPSA) is 58.1 Å². The van der Waals surface area contributed by atoms with Gasteiger partial charge in [0.1, 0.15) is 17.0 Å². The van der Waals surface area contributed by atoms with Gasteiger partial charge < -0.3 is 10.2 Å². The molecule has 3 rings (SSSR count). The van der Waals surface area contributed by atoms with Crippen LogP contribution in [0.4, 0.5) is 5.82 Å². The van der Waals surface area contributed by atoms with Gasteiger partial charge >= 0.3 is 0 Å². The summed E-state index contributed by atoms with van der Waals surface area (Å²) < 4.78 is 0. The molecule has 1 aliphatic rings. The van der Waals surface area contributed by atoms with Crippen molar-refractivity contribution >= 4 is 33.3 Å². The molecule has 0 radical (unpaired) electrons. The van der Waals surface area contributed by atoms with Crippen molar-refractivity contribution in [3.8, 4) is 0 Å². The molecule has 3 heterocycles. The number of nitrogens with one attached hydrogen (secondary N) is 1. The van der Waals surface area contributed by atoms with Crippen molar-refractivity contribution in [2.24, 2.45) is 0 Å². The number of nitrogens with zero attached hydrogens (tertiary/aromatic N) is 3. The first-order chi connectivity index (χ1) is 8.75. The molecule has 1 fully saturated rings. The fraction of sp³-hybridized carbons (Fsp3) is 0.417. The number of hydrogen-bond donors (Lipinski definition) is 1. The van der Waals surface area contributed by atoms with Crippen molar-refractivity contribution in [3.05, 3.63) is 17.8 Å². The molecule has 2 aromatic rings. The summed E-state index contributed by atoms with van der Waals surface area (Å²) in [5, 5.41) is 5.99. The van der Waals surface area contributed by atoms with Crippen LogP contribution in [-0.2, 0) is 4.79 Å². The third-order valence-corrected chi connectivity index (χ3v) is 4.02. The Balaban J connectivity index is 2.02. The van der Waals surface area contributed by atoms with Crippen molar-refractivity contribution in [2.45, 2.75) is 19.4 Å². The molecule has 0 aliphatic carbocycles. The lowest BCUT2D eigenvalue weighted by Crippen LogP contribution is -2.35. The standard InChI is InChI=1S/C12H14N4OS/c1-8-6-10(17)13-3-4-16(8)11-9-2-5-18-12(9)15-7-14-11/h2,5,7-8H,3-4,6H2,1H3,(H,13,17)/t8-/m1/s1. The number of fused-ring (bicyclic) bond motifs is 1. The van der Waals surface area contributed by atoms with Crippen LogP contribution in [0.5, 0.6) is 0 Å². The second-order valence-electron chi connectivity index (χ2n) is 4.43. The van der Waals surface area contributed by atoms with Crippen molar-refractivity contribution in [1.82, 2.24) is 15.3 Å². The van der Waals surface area contributed by atoms with Crippen molar-refractivity contribution in [1.29, 1.82) is 0 Å². The summed E-state index contributed by atoms with van der Waals surface area (Å²) in [5.74, 6) is 1.05. The van der Waals surface area contributed by atoms with E-state index < -0.39 is 0 Å². The fourth-order valence-electron chi connectivity index (χ4n) is 2.31. The number of anilines is 1. The van der Waals surface area contributed by atoms with E-state index >= 15 is 0 Å². The molecule has 0 aromatic carbocycles. The van der Waals surface area contributed by atoms with Gasteiger partial charge in [0, 0.05) is 25.6 Å². The predicted octanol–water partition coefficient (Wildman–Crippen LogP) is 1.41. The van der Waals surface area contributed by atoms with Crippen molar-refractivity contribution in [3.63, 3.8) is 0 Å². The Kier molecular flexibility index (Phi) is 2.87. The normalized spacial score (nSPS) is 20.8. The SMILES string of the molecule is C[C@@H]1CC(=O)NCCN1c1ncnc2sccc12. The van der Waals surface area contributed by atoms with Crippen LogP contribution in [0.3, 0.4) is 0 Å². The third kappa shape index (κ3) is 1.92. The molecule has 1 saturated heterocycles. The summed E-state index contributed by atoms with van der Waals surface area (Å²) >= 11 is 1.61. The molecule has 0 bridgehead atoms. The van der Waals surface area contributed by atoms with Gasteiger partial charge in [-0.05, 0) is 18.4 Å². The zero-order valence-electron chi connectivity index (χ0n) is 10.1. The van der Waals surface area contributed by atoms with E-state index in [1.807, 2.05) is 11.4 Å². The van der Waals surface area contributed by atoms with E-state index in [1.54, 1.807) is 17.7 Å². The van der Waals surface area contributed by atoms with Gasteiger partial charge in [-0.1, -0.05) is 0 Å². The van der Waals surface area contributed by atoms with Gasteiger partial charge in [0.15, 0.2) is 0 Å². The number of carbonyl (C=O) groups is 1. The van der Waals surface area contributed by atoms with E-state index in [-0.39, 0.29) is 11.9 Å². The van der Waals surface area contributed by atoms with E-state index in [0.717, 1.165) is 22.6 Å². The quantitative estimate of drug-likeness (QED) is 0.844. The largest absolute Gasteiger partial charge is 0.354 e. The Morgan fingerprint density at radius 2 is 2.39 bits per heavy atom. The second kappa shape index (κ2) is 4.53. The summed E-state index contributed by atoms with van der Waals surface area (Å²) in [7, 11) is 0. The molecule has 0 saturated carbocycles. The molecule has 1 N–H and O–H groups in total. The van der Waals surface area contributed by atoms with Crippen LogP contribution in [0, 0.1) is 0 Å². The lowest BCUT2D eigenvalue weighted by molar-refractivity contribution is -0.120. The molecule has 94 valence electrons. The Morgan fingerprint density at radius 1 is 1.50 bits per heavy atom. The molecule has 0 unspecified atom stereocenters. The monoisotopic (exact) mass is 262 g/mol. The van der Waals surface area contributed by atoms with E-state index in [4.69, 9.17) is 0 Å². The van der Waals surface area contributed by atoms with Crippen LogP contribution in [0.15, 0.2) is 17.8 Å². The number of thiophene rings is 1. The number of aromatic nitrogens is 2. The van der Waals surface area contributed by atoms with Crippen LogP contribution in [0.1, 0.15) is 13.3 Å². The first-order valence-corrected chi connectivity index (χ1v) is 6.85. The molecule has 5 nitrogen and oxygen atoms in total.